The number of hydrogen-bond donors (Lipinski definition) is 0. The van der Waals surface area contributed by atoms with Crippen LogP contribution in [0.1, 0.15) is 5.56 Å². The molecule has 0 spiro atoms. The minimum atomic E-state index is 0.866. The Kier molecular flexibility index (Phi) is 4.13. The molecule has 1 nitrogen and oxygen atoms in total. The van der Waals surface area contributed by atoms with Gasteiger partial charge in [-0.15, -0.1) is 0 Å². The minimum absolute atomic E-state index is 0.866. The fourth-order valence-corrected chi connectivity index (χ4v) is 1.01. The summed E-state index contributed by atoms with van der Waals surface area (Å²) in [7, 11) is 1.65. The van der Waals surface area contributed by atoms with Crippen molar-refractivity contribution in [2.45, 2.75) is 0 Å². The standard InChI is InChI=1S/C11H11ClO/c1-13-11-7-5-10(6-8-11)4-2-3-9-12/h2-9H,1H3/b4-2+,9-3+. The van der Waals surface area contributed by atoms with Crippen molar-refractivity contribution in [3.05, 3.63) is 47.5 Å². The molecule has 1 aromatic carbocycles. The van der Waals surface area contributed by atoms with Crippen LogP contribution in [0.3, 0.4) is 0 Å². The first-order valence-electron chi connectivity index (χ1n) is 3.94. The highest BCUT2D eigenvalue weighted by Gasteiger charge is 1.88. The molecule has 1 aromatic rings. The lowest BCUT2D eigenvalue weighted by Gasteiger charge is -1.98. The molecule has 68 valence electrons. The van der Waals surface area contributed by atoms with Crippen LogP contribution in [-0.2, 0) is 0 Å². The Bertz CT molecular complexity index is 298. The number of benzene rings is 1. The Morgan fingerprint density at radius 2 is 1.85 bits per heavy atom. The van der Waals surface area contributed by atoms with Gasteiger partial charge in [-0.25, -0.2) is 0 Å². The number of hydrogen-bond acceptors (Lipinski definition) is 1. The van der Waals surface area contributed by atoms with E-state index in [0.29, 0.717) is 0 Å². The maximum atomic E-state index is 5.36. The highest BCUT2D eigenvalue weighted by molar-refractivity contribution is 6.25. The van der Waals surface area contributed by atoms with Gasteiger partial charge in [0.15, 0.2) is 0 Å². The maximum absolute atomic E-state index is 5.36. The van der Waals surface area contributed by atoms with E-state index in [1.165, 1.54) is 5.54 Å². The summed E-state index contributed by atoms with van der Waals surface area (Å²) in [6, 6.07) is 7.81. The van der Waals surface area contributed by atoms with Crippen LogP contribution < -0.4 is 4.74 Å². The normalized spacial score (nSPS) is 11.2. The van der Waals surface area contributed by atoms with Crippen LogP contribution >= 0.6 is 11.6 Å². The number of methoxy groups -OCH3 is 1. The van der Waals surface area contributed by atoms with Gasteiger partial charge < -0.3 is 4.74 Å². The van der Waals surface area contributed by atoms with E-state index in [9.17, 15) is 0 Å². The lowest BCUT2D eigenvalue weighted by atomic mass is 10.2. The van der Waals surface area contributed by atoms with Gasteiger partial charge in [-0.2, -0.15) is 0 Å². The largest absolute Gasteiger partial charge is 0.497 e. The van der Waals surface area contributed by atoms with E-state index in [1.807, 2.05) is 36.4 Å². The Balaban J connectivity index is 2.69. The number of rotatable bonds is 3. The van der Waals surface area contributed by atoms with Crippen LogP contribution in [0, 0.1) is 0 Å². The summed E-state index contributed by atoms with van der Waals surface area (Å²) in [5.74, 6) is 0.866. The molecule has 13 heavy (non-hydrogen) atoms. The third-order valence-electron chi connectivity index (χ3n) is 1.59. The average molecular weight is 195 g/mol. The van der Waals surface area contributed by atoms with Crippen molar-refractivity contribution in [1.82, 2.24) is 0 Å². The van der Waals surface area contributed by atoms with Crippen molar-refractivity contribution in [3.8, 4) is 5.75 Å². The molecule has 0 bridgehead atoms. The smallest absolute Gasteiger partial charge is 0.118 e. The number of ether oxygens (including phenoxy) is 1. The molecule has 1 rings (SSSR count). The summed E-state index contributed by atoms with van der Waals surface area (Å²) in [5.41, 5.74) is 2.59. The van der Waals surface area contributed by atoms with Crippen LogP contribution in [0.15, 0.2) is 42.0 Å². The van der Waals surface area contributed by atoms with E-state index in [2.05, 4.69) is 0 Å². The molecule has 0 aromatic heterocycles. The lowest BCUT2D eigenvalue weighted by Crippen LogP contribution is -1.81. The van der Waals surface area contributed by atoms with Crippen molar-refractivity contribution < 1.29 is 4.74 Å². The summed E-state index contributed by atoms with van der Waals surface area (Å²) in [6.45, 7) is 0. The van der Waals surface area contributed by atoms with Gasteiger partial charge in [-0.3, -0.25) is 0 Å². The molecule has 0 aliphatic rings. The molecule has 0 saturated heterocycles. The second kappa shape index (κ2) is 5.44. The van der Waals surface area contributed by atoms with E-state index in [4.69, 9.17) is 16.3 Å². The highest BCUT2D eigenvalue weighted by atomic mass is 35.5. The number of allylic oxidation sites excluding steroid dienone is 2. The first-order valence-corrected chi connectivity index (χ1v) is 4.38. The molecule has 0 aliphatic heterocycles. The molecule has 0 saturated carbocycles. The van der Waals surface area contributed by atoms with Crippen LogP contribution in [0.4, 0.5) is 0 Å². The van der Waals surface area contributed by atoms with E-state index in [1.54, 1.807) is 13.2 Å². The zero-order chi connectivity index (χ0) is 9.52. The quantitative estimate of drug-likeness (QED) is 0.670. The molecule has 0 atom stereocenters. The van der Waals surface area contributed by atoms with Gasteiger partial charge in [0.05, 0.1) is 7.11 Å². The average Bonchev–Trinajstić information content (AvgIpc) is 2.19. The summed E-state index contributed by atoms with van der Waals surface area (Å²) in [4.78, 5) is 0. The molecule has 0 radical (unpaired) electrons. The van der Waals surface area contributed by atoms with Crippen molar-refractivity contribution in [2.75, 3.05) is 7.11 Å². The van der Waals surface area contributed by atoms with Crippen molar-refractivity contribution in [1.29, 1.82) is 0 Å². The fraction of sp³-hybridized carbons (Fsp3) is 0.0909. The SMILES string of the molecule is COc1ccc(/C=C/C=C/Cl)cc1. The second-order valence-electron chi connectivity index (χ2n) is 2.45. The van der Waals surface area contributed by atoms with Gasteiger partial charge in [0.25, 0.3) is 0 Å². The maximum Gasteiger partial charge on any atom is 0.118 e. The Labute approximate surface area is 83.3 Å². The molecule has 0 N–H and O–H groups in total. The van der Waals surface area contributed by atoms with Crippen molar-refractivity contribution in [3.63, 3.8) is 0 Å². The Hall–Kier alpha value is -1.21. The molecule has 0 unspecified atom stereocenters. The molecule has 2 heteroatoms. The minimum Gasteiger partial charge on any atom is -0.497 e. The Morgan fingerprint density at radius 3 is 2.38 bits per heavy atom. The first kappa shape index (κ1) is 9.87. The molecule has 0 aliphatic carbocycles. The molecule has 0 fully saturated rings. The molecule has 0 heterocycles. The van der Waals surface area contributed by atoms with Gasteiger partial charge in [0.2, 0.25) is 0 Å². The van der Waals surface area contributed by atoms with E-state index < -0.39 is 0 Å². The lowest BCUT2D eigenvalue weighted by molar-refractivity contribution is 0.415. The van der Waals surface area contributed by atoms with Crippen LogP contribution in [0.5, 0.6) is 5.75 Å². The third-order valence-corrected chi connectivity index (χ3v) is 1.73. The van der Waals surface area contributed by atoms with Gasteiger partial charge >= 0.3 is 0 Å². The van der Waals surface area contributed by atoms with Gasteiger partial charge in [0, 0.05) is 5.54 Å². The van der Waals surface area contributed by atoms with E-state index in [-0.39, 0.29) is 0 Å². The second-order valence-corrected chi connectivity index (χ2v) is 2.70. The van der Waals surface area contributed by atoms with Gasteiger partial charge in [-0.05, 0) is 17.7 Å². The summed E-state index contributed by atoms with van der Waals surface area (Å²) < 4.78 is 5.04. The monoisotopic (exact) mass is 194 g/mol. The van der Waals surface area contributed by atoms with Gasteiger partial charge in [0.1, 0.15) is 5.75 Å². The molecule has 0 amide bonds. The predicted octanol–water partition coefficient (Wildman–Crippen LogP) is 3.46. The fourth-order valence-electron chi connectivity index (χ4n) is 0.924. The van der Waals surface area contributed by atoms with Crippen molar-refractivity contribution >= 4 is 17.7 Å². The summed E-state index contributed by atoms with van der Waals surface area (Å²) in [6.07, 6.45) is 5.62. The van der Waals surface area contributed by atoms with E-state index in [0.717, 1.165) is 11.3 Å². The van der Waals surface area contributed by atoms with Crippen LogP contribution in [-0.4, -0.2) is 7.11 Å². The highest BCUT2D eigenvalue weighted by Crippen LogP contribution is 2.12. The predicted molar refractivity (Wildman–Crippen MR) is 57.0 cm³/mol. The third kappa shape index (κ3) is 3.34. The van der Waals surface area contributed by atoms with Crippen LogP contribution in [0.25, 0.3) is 6.08 Å². The number of halogens is 1. The zero-order valence-electron chi connectivity index (χ0n) is 7.41. The van der Waals surface area contributed by atoms with Crippen LogP contribution in [0.2, 0.25) is 0 Å². The Morgan fingerprint density at radius 1 is 1.15 bits per heavy atom. The van der Waals surface area contributed by atoms with E-state index >= 15 is 0 Å². The van der Waals surface area contributed by atoms with Gasteiger partial charge in [-0.1, -0.05) is 42.0 Å². The first-order chi connectivity index (χ1) is 6.36. The molecular weight excluding hydrogens is 184 g/mol. The topological polar surface area (TPSA) is 9.23 Å². The molecular formula is C11H11ClO. The summed E-state index contributed by atoms with van der Waals surface area (Å²) >= 11 is 5.36. The zero-order valence-corrected chi connectivity index (χ0v) is 8.16. The van der Waals surface area contributed by atoms with Crippen molar-refractivity contribution in [2.24, 2.45) is 0 Å². The summed E-state index contributed by atoms with van der Waals surface area (Å²) in [5, 5.41) is 0.